The zero-order valence-corrected chi connectivity index (χ0v) is 26.9. The molecule has 3 heterocycles. The highest BCUT2D eigenvalue weighted by Crippen LogP contribution is 2.39. The molecule has 0 aliphatic rings. The number of hydrogen-bond acceptors (Lipinski definition) is 4. The molecule has 3 aromatic heterocycles. The summed E-state index contributed by atoms with van der Waals surface area (Å²) in [6.07, 6.45) is 0. The van der Waals surface area contributed by atoms with Gasteiger partial charge in [-0.1, -0.05) is 133 Å². The van der Waals surface area contributed by atoms with Crippen molar-refractivity contribution in [3.8, 4) is 56.0 Å². The first kappa shape index (κ1) is 28.3. The fraction of sp³-hybridized carbons (Fsp3) is 0. The molecule has 0 saturated carbocycles. The van der Waals surface area contributed by atoms with Gasteiger partial charge in [0.05, 0.1) is 0 Å². The molecule has 4 nitrogen and oxygen atoms in total. The highest BCUT2D eigenvalue weighted by Gasteiger charge is 2.18. The van der Waals surface area contributed by atoms with Crippen LogP contribution in [0.15, 0.2) is 179 Å². The zero-order chi connectivity index (χ0) is 33.0. The number of aromatic nitrogens is 2. The summed E-state index contributed by atoms with van der Waals surface area (Å²) in [6.45, 7) is 0. The minimum Gasteiger partial charge on any atom is -0.455 e. The third kappa shape index (κ3) is 4.69. The fourth-order valence-corrected chi connectivity index (χ4v) is 7.07. The van der Waals surface area contributed by atoms with E-state index in [1.54, 1.807) is 0 Å². The Bertz CT molecular complexity index is 2880. The highest BCUT2D eigenvalue weighted by molar-refractivity contribution is 6.10. The number of benzene rings is 7. The average Bonchev–Trinajstić information content (AvgIpc) is 3.77. The van der Waals surface area contributed by atoms with Gasteiger partial charge in [0.15, 0.2) is 11.4 Å². The third-order valence-electron chi connectivity index (χ3n) is 9.49. The van der Waals surface area contributed by atoms with Crippen LogP contribution < -0.4 is 0 Å². The van der Waals surface area contributed by atoms with E-state index in [9.17, 15) is 0 Å². The van der Waals surface area contributed by atoms with Crippen LogP contribution in [-0.4, -0.2) is 9.97 Å². The second-order valence-electron chi connectivity index (χ2n) is 12.6. The Morgan fingerprint density at radius 3 is 1.58 bits per heavy atom. The first-order chi connectivity index (χ1) is 24.8. The number of fused-ring (bicyclic) bond motifs is 6. The van der Waals surface area contributed by atoms with Gasteiger partial charge >= 0.3 is 0 Å². The van der Waals surface area contributed by atoms with Crippen molar-refractivity contribution < 1.29 is 8.83 Å². The van der Waals surface area contributed by atoms with Crippen molar-refractivity contribution in [2.45, 2.75) is 0 Å². The summed E-state index contributed by atoms with van der Waals surface area (Å²) in [4.78, 5) is 10.2. The summed E-state index contributed by atoms with van der Waals surface area (Å²) >= 11 is 0. The lowest BCUT2D eigenvalue weighted by molar-refractivity contribution is 0.667. The zero-order valence-electron chi connectivity index (χ0n) is 26.9. The van der Waals surface area contributed by atoms with Crippen LogP contribution in [0.3, 0.4) is 0 Å². The molecular formula is C46H28N2O2. The van der Waals surface area contributed by atoms with Gasteiger partial charge in [-0.3, -0.25) is 0 Å². The van der Waals surface area contributed by atoms with E-state index in [1.165, 1.54) is 0 Å². The van der Waals surface area contributed by atoms with E-state index in [4.69, 9.17) is 18.8 Å². The highest BCUT2D eigenvalue weighted by atomic mass is 16.3. The predicted molar refractivity (Wildman–Crippen MR) is 204 cm³/mol. The molecule has 0 unspecified atom stereocenters. The molecule has 0 aliphatic carbocycles. The van der Waals surface area contributed by atoms with Gasteiger partial charge in [0, 0.05) is 32.8 Å². The van der Waals surface area contributed by atoms with Crippen LogP contribution in [-0.2, 0) is 0 Å². The van der Waals surface area contributed by atoms with Crippen molar-refractivity contribution in [1.82, 2.24) is 9.97 Å². The summed E-state index contributed by atoms with van der Waals surface area (Å²) in [6, 6.07) is 58.7. The van der Waals surface area contributed by atoms with Crippen LogP contribution >= 0.6 is 0 Å². The van der Waals surface area contributed by atoms with Gasteiger partial charge < -0.3 is 8.83 Å². The van der Waals surface area contributed by atoms with E-state index in [1.807, 2.05) is 48.5 Å². The summed E-state index contributed by atoms with van der Waals surface area (Å²) in [7, 11) is 0. The molecule has 7 aromatic carbocycles. The van der Waals surface area contributed by atoms with E-state index in [-0.39, 0.29) is 0 Å². The topological polar surface area (TPSA) is 52.1 Å². The van der Waals surface area contributed by atoms with Crippen LogP contribution in [0.2, 0.25) is 0 Å². The molecule has 10 aromatic rings. The maximum atomic E-state index is 6.37. The maximum absolute atomic E-state index is 6.37. The van der Waals surface area contributed by atoms with Crippen molar-refractivity contribution in [2.75, 3.05) is 0 Å². The van der Waals surface area contributed by atoms with E-state index >= 15 is 0 Å². The molecular weight excluding hydrogens is 613 g/mol. The Kier molecular flexibility index (Phi) is 6.46. The normalized spacial score (nSPS) is 11.6. The van der Waals surface area contributed by atoms with Gasteiger partial charge in [-0.25, -0.2) is 9.97 Å². The molecule has 0 saturated heterocycles. The lowest BCUT2D eigenvalue weighted by atomic mass is 9.95. The molecule has 0 atom stereocenters. The SMILES string of the molecule is c1ccc(-c2nc(-c3cccc(-c4cccc(-c5cccc(-c6cccc7c6oc6ccccc67)c5)c4)c3)nc3c2oc2ccccc23)cc1. The van der Waals surface area contributed by atoms with Crippen LogP contribution in [0.25, 0.3) is 100 Å². The molecule has 0 amide bonds. The minimum atomic E-state index is 0.661. The number of hydrogen-bond donors (Lipinski definition) is 0. The second kappa shape index (κ2) is 11.4. The van der Waals surface area contributed by atoms with Crippen molar-refractivity contribution >= 4 is 44.0 Å². The largest absolute Gasteiger partial charge is 0.455 e. The standard InChI is InChI=1S/C46H28N2O2/c1-2-12-29(13-3-1)42-45-43(39-21-5-7-25-41(39)50-45)48-46(47-42)35-19-10-17-33(28-35)31-15-8-14-30(26-31)32-16-9-18-34(27-32)36-22-11-23-38-37-20-4-6-24-40(37)49-44(36)38/h1-28H. The molecule has 10 rings (SSSR count). The first-order valence-corrected chi connectivity index (χ1v) is 16.7. The maximum Gasteiger partial charge on any atom is 0.180 e. The summed E-state index contributed by atoms with van der Waals surface area (Å²) in [5, 5.41) is 3.24. The number of para-hydroxylation sites is 3. The van der Waals surface area contributed by atoms with E-state index in [0.29, 0.717) is 11.4 Å². The summed E-state index contributed by atoms with van der Waals surface area (Å²) < 4.78 is 12.7. The Hall–Kier alpha value is -6.78. The van der Waals surface area contributed by atoms with Gasteiger partial charge in [-0.2, -0.15) is 0 Å². The van der Waals surface area contributed by atoms with Crippen LogP contribution in [0.5, 0.6) is 0 Å². The van der Waals surface area contributed by atoms with Crippen molar-refractivity contribution in [3.05, 3.63) is 170 Å². The van der Waals surface area contributed by atoms with E-state index in [2.05, 4.69) is 121 Å². The number of nitrogens with zero attached hydrogens (tertiary/aromatic N) is 2. The van der Waals surface area contributed by atoms with Crippen LogP contribution in [0.1, 0.15) is 0 Å². The summed E-state index contributed by atoms with van der Waals surface area (Å²) in [5.74, 6) is 0.661. The molecule has 0 bridgehead atoms. The second-order valence-corrected chi connectivity index (χ2v) is 12.6. The van der Waals surface area contributed by atoms with Gasteiger partial charge in [-0.15, -0.1) is 0 Å². The molecule has 0 spiro atoms. The fourth-order valence-electron chi connectivity index (χ4n) is 7.07. The van der Waals surface area contributed by atoms with E-state index < -0.39 is 0 Å². The van der Waals surface area contributed by atoms with Crippen LogP contribution in [0.4, 0.5) is 0 Å². The van der Waals surface area contributed by atoms with Gasteiger partial charge in [0.2, 0.25) is 0 Å². The molecule has 4 heteroatoms. The smallest absolute Gasteiger partial charge is 0.180 e. The van der Waals surface area contributed by atoms with Crippen molar-refractivity contribution in [2.24, 2.45) is 0 Å². The molecule has 234 valence electrons. The molecule has 0 radical (unpaired) electrons. The summed E-state index contributed by atoms with van der Waals surface area (Å²) in [5.41, 5.74) is 13.5. The predicted octanol–water partition coefficient (Wildman–Crippen LogP) is 12.6. The first-order valence-electron chi connectivity index (χ1n) is 16.7. The molecule has 0 aliphatic heterocycles. The van der Waals surface area contributed by atoms with E-state index in [0.717, 1.165) is 88.6 Å². The van der Waals surface area contributed by atoms with Gasteiger partial charge in [0.25, 0.3) is 0 Å². The quantitative estimate of drug-likeness (QED) is 0.188. The Morgan fingerprint density at radius 1 is 0.340 bits per heavy atom. The lowest BCUT2D eigenvalue weighted by Gasteiger charge is -2.10. The third-order valence-corrected chi connectivity index (χ3v) is 9.49. The van der Waals surface area contributed by atoms with Gasteiger partial charge in [-0.05, 0) is 64.2 Å². The molecule has 0 fully saturated rings. The molecule has 0 N–H and O–H groups in total. The monoisotopic (exact) mass is 640 g/mol. The Labute approximate surface area is 287 Å². The Morgan fingerprint density at radius 2 is 0.840 bits per heavy atom. The number of furan rings is 2. The Balaban J connectivity index is 1.05. The molecule has 50 heavy (non-hydrogen) atoms. The van der Waals surface area contributed by atoms with Gasteiger partial charge in [0.1, 0.15) is 28.0 Å². The number of rotatable bonds is 5. The minimum absolute atomic E-state index is 0.661. The van der Waals surface area contributed by atoms with Crippen molar-refractivity contribution in [1.29, 1.82) is 0 Å². The van der Waals surface area contributed by atoms with Crippen LogP contribution in [0, 0.1) is 0 Å². The average molecular weight is 641 g/mol. The lowest BCUT2D eigenvalue weighted by Crippen LogP contribution is -1.94. The van der Waals surface area contributed by atoms with Crippen molar-refractivity contribution in [3.63, 3.8) is 0 Å².